The Morgan fingerprint density at radius 2 is 2.33 bits per heavy atom. The fourth-order valence-corrected chi connectivity index (χ4v) is 2.93. The van der Waals surface area contributed by atoms with Crippen molar-refractivity contribution < 1.29 is 0 Å². The van der Waals surface area contributed by atoms with Gasteiger partial charge in [0.25, 0.3) is 0 Å². The molecule has 1 atom stereocenters. The molecule has 0 saturated carbocycles. The van der Waals surface area contributed by atoms with Crippen molar-refractivity contribution in [2.75, 3.05) is 13.1 Å². The van der Waals surface area contributed by atoms with E-state index in [0.717, 1.165) is 24.3 Å². The summed E-state index contributed by atoms with van der Waals surface area (Å²) in [4.78, 5) is 7.55. The number of nitrogens with zero attached hydrogens (tertiary/aromatic N) is 2. The number of hydrogen-bond acceptors (Lipinski definition) is 3. The van der Waals surface area contributed by atoms with E-state index >= 15 is 0 Å². The average molecular weight is 241 g/mol. The Hall–Kier alpha value is -1.88. The summed E-state index contributed by atoms with van der Waals surface area (Å²) < 4.78 is 0. The van der Waals surface area contributed by atoms with E-state index in [-0.39, 0.29) is 0 Å². The summed E-state index contributed by atoms with van der Waals surface area (Å²) in [6.07, 6.45) is 6.23. The first-order chi connectivity index (χ1) is 8.93. The summed E-state index contributed by atoms with van der Waals surface area (Å²) in [5.74, 6) is 0.507. The fraction of sp³-hybridized carbons (Fsp3) is 0.385. The summed E-state index contributed by atoms with van der Waals surface area (Å²) in [5.41, 5.74) is 3.15. The van der Waals surface area contributed by atoms with Crippen LogP contribution in [0.15, 0.2) is 18.5 Å². The third-order valence-electron chi connectivity index (χ3n) is 3.82. The van der Waals surface area contributed by atoms with Crippen molar-refractivity contribution in [3.63, 3.8) is 0 Å². The number of hydrogen-bond donors (Lipinski definition) is 3. The highest BCUT2D eigenvalue weighted by molar-refractivity contribution is 6.04. The molecule has 1 fully saturated rings. The van der Waals surface area contributed by atoms with Gasteiger partial charge in [-0.05, 0) is 25.5 Å². The minimum Gasteiger partial charge on any atom is -0.346 e. The van der Waals surface area contributed by atoms with Crippen molar-refractivity contribution >= 4 is 21.9 Å². The smallest absolute Gasteiger partial charge is 0.138 e. The average Bonchev–Trinajstić information content (AvgIpc) is 3.05. The molecule has 18 heavy (non-hydrogen) atoms. The third kappa shape index (κ3) is 1.37. The molecule has 1 saturated heterocycles. The molecular formula is C13H15N5. The summed E-state index contributed by atoms with van der Waals surface area (Å²) in [7, 11) is 0. The van der Waals surface area contributed by atoms with Gasteiger partial charge in [-0.25, -0.2) is 4.98 Å². The normalized spacial score (nSPS) is 20.8. The Labute approximate surface area is 104 Å². The lowest BCUT2D eigenvalue weighted by molar-refractivity contribution is 0.456. The van der Waals surface area contributed by atoms with Crippen molar-refractivity contribution in [2.24, 2.45) is 0 Å². The minimum atomic E-state index is 0.507. The molecular weight excluding hydrogens is 226 g/mol. The van der Waals surface area contributed by atoms with Gasteiger partial charge in [-0.15, -0.1) is 0 Å². The highest BCUT2D eigenvalue weighted by atomic mass is 15.1. The second-order valence-electron chi connectivity index (χ2n) is 4.94. The molecule has 0 radical (unpaired) electrons. The predicted octanol–water partition coefficient (Wildman–Crippen LogP) is 1.91. The van der Waals surface area contributed by atoms with Crippen LogP contribution >= 0.6 is 0 Å². The molecule has 0 spiro atoms. The number of pyridine rings is 1. The van der Waals surface area contributed by atoms with E-state index in [1.165, 1.54) is 29.3 Å². The Bertz CT molecular complexity index is 690. The van der Waals surface area contributed by atoms with Gasteiger partial charge < -0.3 is 10.3 Å². The van der Waals surface area contributed by atoms with Gasteiger partial charge >= 0.3 is 0 Å². The van der Waals surface area contributed by atoms with Gasteiger partial charge in [-0.1, -0.05) is 0 Å². The fourth-order valence-electron chi connectivity index (χ4n) is 2.93. The lowest BCUT2D eigenvalue weighted by Crippen LogP contribution is -2.28. The van der Waals surface area contributed by atoms with Crippen LogP contribution in [0.3, 0.4) is 0 Å². The van der Waals surface area contributed by atoms with Crippen LogP contribution in [0.4, 0.5) is 0 Å². The molecule has 1 unspecified atom stereocenters. The standard InChI is InChI=1S/C13H15N5/c1-2-8(6-14-4-1)12-11-9-3-5-15-13(9)16-7-10(11)17-18-12/h3,5,7-8,14H,1-2,4,6H2,(H,15,16)(H,17,18). The third-order valence-corrected chi connectivity index (χ3v) is 3.82. The van der Waals surface area contributed by atoms with Gasteiger partial charge in [0.15, 0.2) is 0 Å². The van der Waals surface area contributed by atoms with Gasteiger partial charge in [-0.2, -0.15) is 5.10 Å². The molecule has 1 aliphatic rings. The largest absolute Gasteiger partial charge is 0.346 e. The van der Waals surface area contributed by atoms with Gasteiger partial charge in [0, 0.05) is 29.4 Å². The molecule has 3 aromatic heterocycles. The summed E-state index contributed by atoms with van der Waals surface area (Å²) >= 11 is 0. The molecule has 4 rings (SSSR count). The highest BCUT2D eigenvalue weighted by Crippen LogP contribution is 2.31. The molecule has 0 aromatic carbocycles. The lowest BCUT2D eigenvalue weighted by atomic mass is 9.93. The Morgan fingerprint density at radius 3 is 3.22 bits per heavy atom. The second kappa shape index (κ2) is 3.81. The van der Waals surface area contributed by atoms with Crippen LogP contribution in [-0.4, -0.2) is 33.3 Å². The maximum atomic E-state index is 4.53. The van der Waals surface area contributed by atoms with Crippen LogP contribution in [-0.2, 0) is 0 Å². The lowest BCUT2D eigenvalue weighted by Gasteiger charge is -2.21. The molecule has 0 bridgehead atoms. The van der Waals surface area contributed by atoms with Crippen LogP contribution in [0.2, 0.25) is 0 Å². The first-order valence-corrected chi connectivity index (χ1v) is 6.44. The molecule has 4 heterocycles. The maximum absolute atomic E-state index is 4.53. The van der Waals surface area contributed by atoms with Crippen molar-refractivity contribution in [3.8, 4) is 0 Å². The molecule has 3 N–H and O–H groups in total. The first kappa shape index (κ1) is 10.1. The van der Waals surface area contributed by atoms with Gasteiger partial charge in [0.2, 0.25) is 0 Å². The molecule has 0 amide bonds. The number of nitrogens with one attached hydrogen (secondary N) is 3. The monoisotopic (exact) mass is 241 g/mol. The van der Waals surface area contributed by atoms with E-state index in [0.29, 0.717) is 5.92 Å². The van der Waals surface area contributed by atoms with Crippen molar-refractivity contribution in [2.45, 2.75) is 18.8 Å². The van der Waals surface area contributed by atoms with Crippen LogP contribution in [0.5, 0.6) is 0 Å². The van der Waals surface area contributed by atoms with Gasteiger partial charge in [0.05, 0.1) is 17.4 Å². The number of aromatic nitrogens is 4. The van der Waals surface area contributed by atoms with E-state index in [9.17, 15) is 0 Å². The second-order valence-corrected chi connectivity index (χ2v) is 4.94. The quantitative estimate of drug-likeness (QED) is 0.609. The Kier molecular flexibility index (Phi) is 2.14. The summed E-state index contributed by atoms with van der Waals surface area (Å²) in [6.45, 7) is 2.15. The predicted molar refractivity (Wildman–Crippen MR) is 70.6 cm³/mol. The number of rotatable bonds is 1. The molecule has 0 aliphatic carbocycles. The zero-order valence-electron chi connectivity index (χ0n) is 10.0. The van der Waals surface area contributed by atoms with Crippen LogP contribution in [0.1, 0.15) is 24.5 Å². The SMILES string of the molecule is c1cc2c(ncc3[nH]nc(C4CCCNC4)c32)[nH]1. The molecule has 92 valence electrons. The number of H-pyrrole nitrogens is 2. The molecule has 3 aromatic rings. The van der Waals surface area contributed by atoms with E-state index in [1.807, 2.05) is 12.4 Å². The topological polar surface area (TPSA) is 69.4 Å². The summed E-state index contributed by atoms with van der Waals surface area (Å²) in [5, 5.41) is 13.5. The van der Waals surface area contributed by atoms with E-state index in [4.69, 9.17) is 0 Å². The molecule has 5 nitrogen and oxygen atoms in total. The highest BCUT2D eigenvalue weighted by Gasteiger charge is 2.21. The molecule has 1 aliphatic heterocycles. The first-order valence-electron chi connectivity index (χ1n) is 6.44. The minimum absolute atomic E-state index is 0.507. The molecule has 5 heteroatoms. The van der Waals surface area contributed by atoms with Gasteiger partial charge in [0.1, 0.15) is 5.65 Å². The maximum Gasteiger partial charge on any atom is 0.138 e. The van der Waals surface area contributed by atoms with E-state index < -0.39 is 0 Å². The van der Waals surface area contributed by atoms with Crippen LogP contribution in [0.25, 0.3) is 21.9 Å². The van der Waals surface area contributed by atoms with E-state index in [2.05, 4.69) is 31.5 Å². The van der Waals surface area contributed by atoms with Crippen molar-refractivity contribution in [1.29, 1.82) is 0 Å². The van der Waals surface area contributed by atoms with Crippen molar-refractivity contribution in [3.05, 3.63) is 24.2 Å². The van der Waals surface area contributed by atoms with Gasteiger partial charge in [-0.3, -0.25) is 5.10 Å². The summed E-state index contributed by atoms with van der Waals surface area (Å²) in [6, 6.07) is 2.08. The Balaban J connectivity index is 1.96. The van der Waals surface area contributed by atoms with Crippen LogP contribution in [0, 0.1) is 0 Å². The Morgan fingerprint density at radius 1 is 1.33 bits per heavy atom. The number of aromatic amines is 2. The number of piperidine rings is 1. The zero-order chi connectivity index (χ0) is 11.9. The van der Waals surface area contributed by atoms with Crippen molar-refractivity contribution in [1.82, 2.24) is 25.5 Å². The zero-order valence-corrected chi connectivity index (χ0v) is 10.0. The van der Waals surface area contributed by atoms with Crippen LogP contribution < -0.4 is 5.32 Å². The number of fused-ring (bicyclic) bond motifs is 3. The van der Waals surface area contributed by atoms with E-state index in [1.54, 1.807) is 0 Å².